The summed E-state index contributed by atoms with van der Waals surface area (Å²) in [5, 5.41) is 6.01. The molecule has 2 N–H and O–H groups in total. The lowest BCUT2D eigenvalue weighted by Gasteiger charge is -2.39. The van der Waals surface area contributed by atoms with Gasteiger partial charge in [0, 0.05) is 25.6 Å². The van der Waals surface area contributed by atoms with E-state index < -0.39 is 0 Å². The molecule has 1 aliphatic rings. The molecule has 1 aliphatic carbocycles. The van der Waals surface area contributed by atoms with Gasteiger partial charge in [-0.05, 0) is 26.2 Å². The molecule has 0 saturated heterocycles. The molecule has 0 aliphatic heterocycles. The van der Waals surface area contributed by atoms with Gasteiger partial charge >= 0.3 is 0 Å². The third-order valence-electron chi connectivity index (χ3n) is 2.64. The van der Waals surface area contributed by atoms with Gasteiger partial charge in [0.2, 0.25) is 5.91 Å². The second kappa shape index (κ2) is 3.90. The van der Waals surface area contributed by atoms with E-state index in [2.05, 4.69) is 17.6 Å². The minimum absolute atomic E-state index is 0.116. The van der Waals surface area contributed by atoms with E-state index in [1.54, 1.807) is 7.05 Å². The van der Waals surface area contributed by atoms with Crippen molar-refractivity contribution in [3.05, 3.63) is 0 Å². The van der Waals surface area contributed by atoms with Gasteiger partial charge < -0.3 is 10.6 Å². The van der Waals surface area contributed by atoms with Crippen molar-refractivity contribution in [1.29, 1.82) is 0 Å². The van der Waals surface area contributed by atoms with Gasteiger partial charge in [0.15, 0.2) is 0 Å². The Kier molecular flexibility index (Phi) is 3.09. The summed E-state index contributed by atoms with van der Waals surface area (Å²) in [6.45, 7) is 3.02. The Morgan fingerprint density at radius 3 is 2.58 bits per heavy atom. The minimum atomic E-state index is 0.116. The van der Waals surface area contributed by atoms with Crippen LogP contribution in [-0.4, -0.2) is 25.0 Å². The van der Waals surface area contributed by atoms with Crippen molar-refractivity contribution in [3.8, 4) is 0 Å². The first-order chi connectivity index (χ1) is 5.66. The van der Waals surface area contributed by atoms with E-state index in [9.17, 15) is 4.79 Å². The maximum atomic E-state index is 10.9. The molecule has 0 spiro atoms. The number of amides is 1. The Morgan fingerprint density at radius 1 is 1.50 bits per heavy atom. The van der Waals surface area contributed by atoms with Gasteiger partial charge in [-0.3, -0.25) is 4.79 Å². The Hall–Kier alpha value is -0.570. The van der Waals surface area contributed by atoms with E-state index in [-0.39, 0.29) is 5.91 Å². The third-order valence-corrected chi connectivity index (χ3v) is 2.64. The van der Waals surface area contributed by atoms with Crippen molar-refractivity contribution < 1.29 is 4.79 Å². The fraction of sp³-hybridized carbons (Fsp3) is 0.889. The van der Waals surface area contributed by atoms with Gasteiger partial charge in [-0.2, -0.15) is 0 Å². The molecule has 3 nitrogen and oxygen atoms in total. The Labute approximate surface area is 73.9 Å². The summed E-state index contributed by atoms with van der Waals surface area (Å²) in [6, 6.07) is 0. The highest BCUT2D eigenvalue weighted by molar-refractivity contribution is 5.75. The lowest BCUT2D eigenvalue weighted by Crippen LogP contribution is -2.49. The number of nitrogens with one attached hydrogen (secondary N) is 2. The summed E-state index contributed by atoms with van der Waals surface area (Å²) >= 11 is 0. The summed E-state index contributed by atoms with van der Waals surface area (Å²) < 4.78 is 0. The predicted molar refractivity (Wildman–Crippen MR) is 48.9 cm³/mol. The molecular weight excluding hydrogens is 152 g/mol. The number of hydrogen-bond donors (Lipinski definition) is 2. The van der Waals surface area contributed by atoms with Crippen LogP contribution in [0.2, 0.25) is 0 Å². The van der Waals surface area contributed by atoms with Gasteiger partial charge in [-0.25, -0.2) is 0 Å². The van der Waals surface area contributed by atoms with Gasteiger partial charge in [-0.1, -0.05) is 0 Å². The highest BCUT2D eigenvalue weighted by Crippen LogP contribution is 2.30. The molecule has 3 heteroatoms. The molecule has 0 unspecified atom stereocenters. The van der Waals surface area contributed by atoms with Gasteiger partial charge in [0.25, 0.3) is 0 Å². The van der Waals surface area contributed by atoms with Crippen LogP contribution >= 0.6 is 0 Å². The van der Waals surface area contributed by atoms with Crippen molar-refractivity contribution in [1.82, 2.24) is 10.6 Å². The van der Waals surface area contributed by atoms with E-state index >= 15 is 0 Å². The molecule has 0 aromatic rings. The first kappa shape index (κ1) is 9.52. The lowest BCUT2D eigenvalue weighted by molar-refractivity contribution is -0.120. The monoisotopic (exact) mass is 170 g/mol. The van der Waals surface area contributed by atoms with Crippen LogP contribution in [-0.2, 0) is 4.79 Å². The summed E-state index contributed by atoms with van der Waals surface area (Å²) in [5.41, 5.74) is 0.327. The summed E-state index contributed by atoms with van der Waals surface area (Å²) in [5.74, 6) is 0.116. The van der Waals surface area contributed by atoms with E-state index in [1.807, 2.05) is 0 Å². The molecule has 1 saturated carbocycles. The maximum absolute atomic E-state index is 10.9. The maximum Gasteiger partial charge on any atom is 0.221 e. The number of carbonyl (C=O) groups is 1. The highest BCUT2D eigenvalue weighted by Gasteiger charge is 2.30. The fourth-order valence-corrected chi connectivity index (χ4v) is 1.49. The molecule has 1 fully saturated rings. The largest absolute Gasteiger partial charge is 0.359 e. The molecule has 12 heavy (non-hydrogen) atoms. The van der Waals surface area contributed by atoms with Crippen LogP contribution in [0.1, 0.15) is 32.6 Å². The predicted octanol–water partition coefficient (Wildman–Crippen LogP) is 0.655. The van der Waals surface area contributed by atoms with Crippen LogP contribution in [0.5, 0.6) is 0 Å². The summed E-state index contributed by atoms with van der Waals surface area (Å²) in [6.07, 6.45) is 4.41. The van der Waals surface area contributed by atoms with Crippen LogP contribution in [0.15, 0.2) is 0 Å². The second-order valence-electron chi connectivity index (χ2n) is 3.76. The molecule has 0 radical (unpaired) electrons. The van der Waals surface area contributed by atoms with Gasteiger partial charge in [0.1, 0.15) is 0 Å². The van der Waals surface area contributed by atoms with Crippen molar-refractivity contribution in [3.63, 3.8) is 0 Å². The molecule has 0 atom stereocenters. The quantitative estimate of drug-likeness (QED) is 0.650. The van der Waals surface area contributed by atoms with Crippen LogP contribution in [0.4, 0.5) is 0 Å². The highest BCUT2D eigenvalue weighted by atomic mass is 16.1. The molecule has 0 heterocycles. The minimum Gasteiger partial charge on any atom is -0.359 e. The van der Waals surface area contributed by atoms with E-state index in [4.69, 9.17) is 0 Å². The number of hydrogen-bond acceptors (Lipinski definition) is 2. The van der Waals surface area contributed by atoms with Crippen molar-refractivity contribution in [2.24, 2.45) is 0 Å². The third kappa shape index (κ3) is 2.48. The van der Waals surface area contributed by atoms with E-state index in [1.165, 1.54) is 19.3 Å². The first-order valence-corrected chi connectivity index (χ1v) is 4.62. The Bertz CT molecular complexity index is 164. The number of carbonyl (C=O) groups excluding carboxylic acids is 1. The topological polar surface area (TPSA) is 41.1 Å². The van der Waals surface area contributed by atoms with Crippen LogP contribution in [0, 0.1) is 0 Å². The molecule has 0 aromatic carbocycles. The number of rotatable bonds is 4. The van der Waals surface area contributed by atoms with E-state index in [0.29, 0.717) is 12.0 Å². The fourth-order valence-electron chi connectivity index (χ4n) is 1.49. The summed E-state index contributed by atoms with van der Waals surface area (Å²) in [7, 11) is 1.67. The van der Waals surface area contributed by atoms with Crippen molar-refractivity contribution in [2.45, 2.75) is 38.1 Å². The van der Waals surface area contributed by atoms with Crippen molar-refractivity contribution in [2.75, 3.05) is 13.6 Å². The normalized spacial score (nSPS) is 19.8. The molecule has 1 rings (SSSR count). The van der Waals surface area contributed by atoms with Gasteiger partial charge in [-0.15, -0.1) is 0 Å². The molecular formula is C9H18N2O. The smallest absolute Gasteiger partial charge is 0.221 e. The van der Waals surface area contributed by atoms with Crippen LogP contribution in [0.3, 0.4) is 0 Å². The molecule has 1 amide bonds. The standard InChI is InChI=1S/C9H18N2O/c1-9(5-3-6-9)11-7-4-8(12)10-2/h11H,3-7H2,1-2H3,(H,10,12). The second-order valence-corrected chi connectivity index (χ2v) is 3.76. The average molecular weight is 170 g/mol. The molecule has 0 aromatic heterocycles. The molecule has 70 valence electrons. The first-order valence-electron chi connectivity index (χ1n) is 4.62. The van der Waals surface area contributed by atoms with Crippen LogP contribution in [0.25, 0.3) is 0 Å². The van der Waals surface area contributed by atoms with Crippen LogP contribution < -0.4 is 10.6 Å². The van der Waals surface area contributed by atoms with Gasteiger partial charge in [0.05, 0.1) is 0 Å². The van der Waals surface area contributed by atoms with Crippen molar-refractivity contribution >= 4 is 5.91 Å². The zero-order valence-electron chi connectivity index (χ0n) is 7.94. The summed E-state index contributed by atoms with van der Waals surface area (Å²) in [4.78, 5) is 10.9. The Morgan fingerprint density at radius 2 is 2.17 bits per heavy atom. The zero-order valence-corrected chi connectivity index (χ0v) is 7.94. The molecule has 0 bridgehead atoms. The Balaban J connectivity index is 2.05. The zero-order chi connectivity index (χ0) is 9.03. The average Bonchev–Trinajstić information content (AvgIpc) is 2.01. The van der Waals surface area contributed by atoms with E-state index in [0.717, 1.165) is 6.54 Å². The lowest BCUT2D eigenvalue weighted by atomic mass is 9.78. The SMILES string of the molecule is CNC(=O)CCNC1(C)CCC1.